The van der Waals surface area contributed by atoms with Gasteiger partial charge >= 0.3 is 0 Å². The molecule has 2 heterocycles. The van der Waals surface area contributed by atoms with Crippen LogP contribution in [-0.2, 0) is 5.41 Å². The number of nitrogens with zero attached hydrogens (tertiary/aromatic N) is 4. The van der Waals surface area contributed by atoms with Crippen molar-refractivity contribution in [2.45, 2.75) is 17.8 Å². The quantitative estimate of drug-likeness (QED) is 0.170. The molecule has 0 radical (unpaired) electrons. The number of nitriles is 1. The summed E-state index contributed by atoms with van der Waals surface area (Å²) in [7, 11) is 0. The van der Waals surface area contributed by atoms with Gasteiger partial charge in [0.05, 0.1) is 17.0 Å². The monoisotopic (exact) mass is 742 g/mol. The van der Waals surface area contributed by atoms with E-state index in [1.807, 2.05) is 72.8 Å². The van der Waals surface area contributed by atoms with Crippen LogP contribution >= 0.6 is 0 Å². The molecule has 1 unspecified atom stereocenters. The molecule has 2 aliphatic rings. The fourth-order valence-electron chi connectivity index (χ4n) is 9.19. The lowest BCUT2D eigenvalue weighted by molar-refractivity contribution is 0.669. The second-order valence-corrected chi connectivity index (χ2v) is 14.9. The smallest absolute Gasteiger partial charge is 0.167 e. The van der Waals surface area contributed by atoms with Gasteiger partial charge in [0.2, 0.25) is 0 Å². The van der Waals surface area contributed by atoms with Crippen LogP contribution < -0.4 is 0 Å². The summed E-state index contributed by atoms with van der Waals surface area (Å²) in [4.78, 5) is 16.0. The van der Waals surface area contributed by atoms with E-state index >= 15 is 0 Å². The third kappa shape index (κ3) is 5.19. The summed E-state index contributed by atoms with van der Waals surface area (Å²) in [5.41, 5.74) is 12.3. The second-order valence-electron chi connectivity index (χ2n) is 14.9. The Labute approximate surface area is 336 Å². The third-order valence-electron chi connectivity index (χ3n) is 11.8. The van der Waals surface area contributed by atoms with Gasteiger partial charge in [-0.25, -0.2) is 15.0 Å². The average molecular weight is 743 g/mol. The van der Waals surface area contributed by atoms with Gasteiger partial charge < -0.3 is 4.42 Å². The molecule has 0 saturated heterocycles. The Kier molecular flexibility index (Phi) is 7.84. The summed E-state index contributed by atoms with van der Waals surface area (Å²) < 4.78 is 6.55. The number of rotatable bonds is 6. The van der Waals surface area contributed by atoms with E-state index in [9.17, 15) is 5.26 Å². The minimum Gasteiger partial charge on any atom is -0.455 e. The Morgan fingerprint density at radius 1 is 0.569 bits per heavy atom. The van der Waals surface area contributed by atoms with E-state index < -0.39 is 5.41 Å². The van der Waals surface area contributed by atoms with Crippen molar-refractivity contribution in [3.8, 4) is 51.4 Å². The number of para-hydroxylation sites is 2. The Bertz CT molecular complexity index is 3120. The molecule has 58 heavy (non-hydrogen) atoms. The van der Waals surface area contributed by atoms with Gasteiger partial charge in [-0.1, -0.05) is 164 Å². The number of hydrogen-bond acceptors (Lipinski definition) is 5. The van der Waals surface area contributed by atoms with Gasteiger partial charge in [0.1, 0.15) is 11.2 Å². The van der Waals surface area contributed by atoms with Crippen molar-refractivity contribution < 1.29 is 4.42 Å². The number of allylic oxidation sites excluding steroid dienone is 4. The van der Waals surface area contributed by atoms with E-state index in [-0.39, 0.29) is 5.92 Å². The number of furan rings is 1. The van der Waals surface area contributed by atoms with E-state index in [4.69, 9.17) is 19.4 Å². The molecule has 0 fully saturated rings. The highest BCUT2D eigenvalue weighted by molar-refractivity contribution is 6.09. The molecule has 11 rings (SSSR count). The molecule has 0 amide bonds. The minimum absolute atomic E-state index is 0.0355. The molecular weight excluding hydrogens is 709 g/mol. The van der Waals surface area contributed by atoms with Crippen LogP contribution in [0.3, 0.4) is 0 Å². The molecule has 7 aromatic carbocycles. The van der Waals surface area contributed by atoms with Crippen molar-refractivity contribution in [3.63, 3.8) is 0 Å². The topological polar surface area (TPSA) is 75.6 Å². The first kappa shape index (κ1) is 33.6. The molecule has 0 saturated carbocycles. The van der Waals surface area contributed by atoms with Crippen molar-refractivity contribution in [3.05, 3.63) is 221 Å². The predicted octanol–water partition coefficient (Wildman–Crippen LogP) is 12.6. The van der Waals surface area contributed by atoms with Crippen molar-refractivity contribution in [2.24, 2.45) is 0 Å². The van der Waals surface area contributed by atoms with Gasteiger partial charge in [0.25, 0.3) is 0 Å². The first-order valence-corrected chi connectivity index (χ1v) is 19.6. The zero-order valence-corrected chi connectivity index (χ0v) is 31.4. The van der Waals surface area contributed by atoms with Gasteiger partial charge in [0.15, 0.2) is 17.5 Å². The molecule has 272 valence electrons. The average Bonchev–Trinajstić information content (AvgIpc) is 3.84. The SMILES string of the molecule is N#CC1=CCC(c2cc(-c3nc(-c4ccccc4)nc(-c4cccc5c4oc4ccccc45)n3)c3c(c2)C(c2ccccc2)(c2ccccc2)c2ccccc2-3)C=C1. The van der Waals surface area contributed by atoms with Crippen LogP contribution in [0.4, 0.5) is 0 Å². The van der Waals surface area contributed by atoms with Crippen LogP contribution in [0.2, 0.25) is 0 Å². The summed E-state index contributed by atoms with van der Waals surface area (Å²) in [5.74, 6) is 1.73. The van der Waals surface area contributed by atoms with Crippen LogP contribution in [0.15, 0.2) is 198 Å². The first-order chi connectivity index (χ1) is 28.7. The second kappa shape index (κ2) is 13.5. The van der Waals surface area contributed by atoms with Crippen molar-refractivity contribution in [2.75, 3.05) is 0 Å². The van der Waals surface area contributed by atoms with Gasteiger partial charge in [0, 0.05) is 33.4 Å². The molecule has 2 aromatic heterocycles. The predicted molar refractivity (Wildman–Crippen MR) is 231 cm³/mol. The van der Waals surface area contributed by atoms with Crippen LogP contribution in [0.1, 0.15) is 40.2 Å². The summed E-state index contributed by atoms with van der Waals surface area (Å²) in [6.45, 7) is 0. The Hall–Kier alpha value is -7.68. The highest BCUT2D eigenvalue weighted by Gasteiger charge is 2.47. The fraction of sp³-hybridized carbons (Fsp3) is 0.0566. The number of aromatic nitrogens is 3. The van der Waals surface area contributed by atoms with Gasteiger partial charge in [-0.15, -0.1) is 0 Å². The highest BCUT2D eigenvalue weighted by atomic mass is 16.3. The fourth-order valence-corrected chi connectivity index (χ4v) is 9.19. The van der Waals surface area contributed by atoms with Crippen LogP contribution in [0.25, 0.3) is 67.2 Å². The molecular formula is C53H34N4O. The molecule has 9 aromatic rings. The van der Waals surface area contributed by atoms with E-state index in [1.165, 1.54) is 22.3 Å². The Morgan fingerprint density at radius 3 is 1.91 bits per heavy atom. The van der Waals surface area contributed by atoms with Crippen molar-refractivity contribution in [1.29, 1.82) is 5.26 Å². The normalized spacial score (nSPS) is 15.2. The number of fused-ring (bicyclic) bond motifs is 6. The van der Waals surface area contributed by atoms with Gasteiger partial charge in [-0.05, 0) is 69.6 Å². The summed E-state index contributed by atoms with van der Waals surface area (Å²) >= 11 is 0. The lowest BCUT2D eigenvalue weighted by Crippen LogP contribution is -2.28. The third-order valence-corrected chi connectivity index (χ3v) is 11.8. The zero-order valence-electron chi connectivity index (χ0n) is 31.4. The van der Waals surface area contributed by atoms with E-state index in [0.717, 1.165) is 55.3 Å². The molecule has 0 aliphatic heterocycles. The molecule has 0 bridgehead atoms. The van der Waals surface area contributed by atoms with Gasteiger partial charge in [-0.3, -0.25) is 0 Å². The van der Waals surface area contributed by atoms with Crippen LogP contribution in [-0.4, -0.2) is 15.0 Å². The standard InChI is InChI=1S/C53H34N4O/c54-33-34-27-29-35(30-28-34)37-31-44(48-42-22-10-12-25-45(42)53(46(48)32-37,38-17-6-2-7-18-38)39-19-8-3-9-20-39)52-56-50(36-15-4-1-5-16-36)55-51(57-52)43-24-14-23-41-40-21-11-13-26-47(40)58-49(41)43/h1-29,31-32,35H,30H2. The maximum absolute atomic E-state index is 9.74. The van der Waals surface area contributed by atoms with Gasteiger partial charge in [-0.2, -0.15) is 5.26 Å². The van der Waals surface area contributed by atoms with E-state index in [2.05, 4.69) is 121 Å². The zero-order chi connectivity index (χ0) is 38.6. The number of hydrogen-bond donors (Lipinski definition) is 0. The van der Waals surface area contributed by atoms with E-state index in [1.54, 1.807) is 0 Å². The minimum atomic E-state index is -0.636. The summed E-state index contributed by atoms with van der Waals surface area (Å²) in [6, 6.07) is 61.9. The van der Waals surface area contributed by atoms with E-state index in [0.29, 0.717) is 29.5 Å². The maximum Gasteiger partial charge on any atom is 0.167 e. The molecule has 0 N–H and O–H groups in total. The van der Waals surface area contributed by atoms with Crippen molar-refractivity contribution in [1.82, 2.24) is 15.0 Å². The molecule has 5 nitrogen and oxygen atoms in total. The largest absolute Gasteiger partial charge is 0.455 e. The number of benzene rings is 7. The summed E-state index contributed by atoms with van der Waals surface area (Å²) in [5, 5.41) is 11.8. The van der Waals surface area contributed by atoms with Crippen molar-refractivity contribution >= 4 is 21.9 Å². The van der Waals surface area contributed by atoms with Crippen LogP contribution in [0.5, 0.6) is 0 Å². The Balaban J connectivity index is 1.25. The molecule has 0 spiro atoms. The summed E-state index contributed by atoms with van der Waals surface area (Å²) in [6.07, 6.45) is 6.85. The van der Waals surface area contributed by atoms with Crippen LogP contribution in [0, 0.1) is 11.3 Å². The molecule has 2 aliphatic carbocycles. The Morgan fingerprint density at radius 2 is 1.19 bits per heavy atom. The maximum atomic E-state index is 9.74. The first-order valence-electron chi connectivity index (χ1n) is 19.6. The molecule has 1 atom stereocenters. The molecule has 5 heteroatoms. The lowest BCUT2D eigenvalue weighted by atomic mass is 9.67. The highest BCUT2D eigenvalue weighted by Crippen LogP contribution is 2.59. The lowest BCUT2D eigenvalue weighted by Gasteiger charge is -2.34.